The fourth-order valence-corrected chi connectivity index (χ4v) is 7.66. The number of carbonyl (C=O) groups excluding carboxylic acids is 2. The number of thioether (sulfide) groups is 1. The Labute approximate surface area is 204 Å². The molecule has 34 heavy (non-hydrogen) atoms. The fraction of sp³-hybridized carbons (Fsp3) is 0.579. The first kappa shape index (κ1) is 25.1. The van der Waals surface area contributed by atoms with Crippen LogP contribution in [0.1, 0.15) is 25.3 Å². The van der Waals surface area contributed by atoms with Crippen molar-refractivity contribution in [2.75, 3.05) is 6.54 Å². The summed E-state index contributed by atoms with van der Waals surface area (Å²) in [4.78, 5) is 42.8. The minimum atomic E-state index is -3.84. The molecule has 1 aromatic heterocycles. The molecule has 0 unspecified atom stereocenters. The predicted octanol–water partition coefficient (Wildman–Crippen LogP) is -0.976. The van der Waals surface area contributed by atoms with Crippen LogP contribution in [0.5, 0.6) is 0 Å². The number of nitrogens with zero attached hydrogens (tertiary/aromatic N) is 2. The lowest BCUT2D eigenvalue weighted by Crippen LogP contribution is -2.63. The van der Waals surface area contributed by atoms with Crippen LogP contribution in [-0.4, -0.2) is 76.3 Å². The number of sulfonamides is 1. The number of hydrogen-bond acceptors (Lipinski definition) is 10. The Morgan fingerprint density at radius 3 is 2.76 bits per heavy atom. The van der Waals surface area contributed by atoms with Gasteiger partial charge in [0.2, 0.25) is 21.8 Å². The van der Waals surface area contributed by atoms with E-state index in [9.17, 15) is 33.0 Å². The van der Waals surface area contributed by atoms with Gasteiger partial charge in [0, 0.05) is 22.6 Å². The van der Waals surface area contributed by atoms with E-state index in [4.69, 9.17) is 5.14 Å². The number of aliphatic hydroxyl groups excluding tert-OH is 1. The van der Waals surface area contributed by atoms with E-state index in [0.29, 0.717) is 22.9 Å². The van der Waals surface area contributed by atoms with Crippen molar-refractivity contribution in [2.45, 2.75) is 54.5 Å². The Hall–Kier alpha value is -2.04. The number of nitrogens with one attached hydrogen (secondary N) is 2. The Kier molecular flexibility index (Phi) is 6.78. The topological polar surface area (TPSA) is 192 Å². The monoisotopic (exact) mass is 531 g/mol. The lowest BCUT2D eigenvalue weighted by molar-refractivity contribution is -0.163. The fourth-order valence-electron chi connectivity index (χ4n) is 4.64. The van der Waals surface area contributed by atoms with Crippen molar-refractivity contribution in [1.82, 2.24) is 20.5 Å². The van der Waals surface area contributed by atoms with Gasteiger partial charge in [0.1, 0.15) is 10.7 Å². The average Bonchev–Trinajstić information content (AvgIpc) is 3.44. The lowest BCUT2D eigenvalue weighted by atomic mass is 9.79. The number of β-lactam (4-membered cyclic amide) rings is 1. The van der Waals surface area contributed by atoms with Crippen molar-refractivity contribution in [2.24, 2.45) is 17.0 Å². The molecule has 186 valence electrons. The summed E-state index contributed by atoms with van der Waals surface area (Å²) in [5, 5.41) is 30.9. The second-order valence-electron chi connectivity index (χ2n) is 8.54. The molecule has 0 bridgehead atoms. The summed E-state index contributed by atoms with van der Waals surface area (Å²) in [5.74, 6) is -2.70. The molecule has 4 heterocycles. The number of fused-ring (bicyclic) bond motifs is 1. The number of amides is 2. The van der Waals surface area contributed by atoms with E-state index in [1.54, 1.807) is 0 Å². The molecule has 2 fully saturated rings. The lowest BCUT2D eigenvalue weighted by Gasteiger charge is -2.46. The third-order valence-corrected chi connectivity index (χ3v) is 10.2. The molecule has 3 aliphatic rings. The molecule has 12 nitrogen and oxygen atoms in total. The molecule has 6 N–H and O–H groups in total. The third-order valence-electron chi connectivity index (χ3n) is 6.24. The van der Waals surface area contributed by atoms with Crippen molar-refractivity contribution in [3.8, 4) is 0 Å². The SMILES string of the molecule is C[C@@H](O)[C@H]1C(=O)N2C(C(=O)O)=C(S[C@@H]3CN[C@H](C(=O)NCc4ncc(S(N)(=O)=O)s4)C3)[C@H](C)[C@H]12. The van der Waals surface area contributed by atoms with Crippen LogP contribution in [0, 0.1) is 11.8 Å². The molecule has 1 aromatic rings. The Bertz CT molecular complexity index is 1160. The van der Waals surface area contributed by atoms with Gasteiger partial charge in [0.15, 0.2) is 4.21 Å². The molecule has 0 aromatic carbocycles. The van der Waals surface area contributed by atoms with Crippen molar-refractivity contribution >= 4 is 50.9 Å². The standard InChI is InChI=1S/C19H25N5O7S3/c1-7-14-13(8(2)25)18(27)24(14)15(19(28)29)16(7)32-9-3-10(21-4-9)17(26)23-5-11-22-6-12(33-11)34(20,30)31/h6-10,13-14,21,25H,3-5H2,1-2H3,(H,23,26)(H,28,29)(H2,20,30,31)/t7-,8-,9+,10+,13-,14-/m1/s1. The van der Waals surface area contributed by atoms with Gasteiger partial charge in [-0.25, -0.2) is 23.3 Å². The van der Waals surface area contributed by atoms with Gasteiger partial charge < -0.3 is 25.7 Å². The van der Waals surface area contributed by atoms with E-state index in [0.717, 1.165) is 17.5 Å². The smallest absolute Gasteiger partial charge is 0.353 e. The van der Waals surface area contributed by atoms with E-state index in [1.807, 2.05) is 6.92 Å². The summed E-state index contributed by atoms with van der Waals surface area (Å²) in [5.41, 5.74) is -0.0354. The number of carboxylic acids is 1. The highest BCUT2D eigenvalue weighted by Crippen LogP contribution is 2.51. The molecular weight excluding hydrogens is 506 g/mol. The summed E-state index contributed by atoms with van der Waals surface area (Å²) in [7, 11) is -3.84. The highest BCUT2D eigenvalue weighted by molar-refractivity contribution is 8.03. The van der Waals surface area contributed by atoms with E-state index >= 15 is 0 Å². The molecule has 0 radical (unpaired) electrons. The van der Waals surface area contributed by atoms with Crippen LogP contribution < -0.4 is 15.8 Å². The highest BCUT2D eigenvalue weighted by Gasteiger charge is 2.60. The van der Waals surface area contributed by atoms with Crippen molar-refractivity contribution < 1.29 is 33.0 Å². The van der Waals surface area contributed by atoms with E-state index in [-0.39, 0.29) is 45.5 Å². The first-order valence-corrected chi connectivity index (χ1v) is 13.8. The minimum Gasteiger partial charge on any atom is -0.477 e. The largest absolute Gasteiger partial charge is 0.477 e. The maximum absolute atomic E-state index is 12.6. The molecule has 0 saturated carbocycles. The van der Waals surface area contributed by atoms with Gasteiger partial charge in [-0.15, -0.1) is 23.1 Å². The highest BCUT2D eigenvalue weighted by atomic mass is 32.2. The number of hydrogen-bond donors (Lipinski definition) is 5. The Morgan fingerprint density at radius 2 is 2.18 bits per heavy atom. The van der Waals surface area contributed by atoms with E-state index in [2.05, 4.69) is 15.6 Å². The number of carboxylic acid groups (broad SMARTS) is 1. The third kappa shape index (κ3) is 4.47. The number of aliphatic hydroxyl groups is 1. The van der Waals surface area contributed by atoms with Crippen LogP contribution in [0.2, 0.25) is 0 Å². The number of carbonyl (C=O) groups is 3. The van der Waals surface area contributed by atoms with E-state index < -0.39 is 34.1 Å². The van der Waals surface area contributed by atoms with E-state index in [1.165, 1.54) is 23.6 Å². The van der Waals surface area contributed by atoms with Gasteiger partial charge in [-0.1, -0.05) is 6.92 Å². The number of primary sulfonamides is 1. The molecule has 4 rings (SSSR count). The normalized spacial score (nSPS) is 29.7. The Balaban J connectivity index is 1.37. The van der Waals surface area contributed by atoms with Crippen LogP contribution in [0.15, 0.2) is 21.0 Å². The summed E-state index contributed by atoms with van der Waals surface area (Å²) in [6, 6.07) is -0.889. The van der Waals surface area contributed by atoms with Gasteiger partial charge in [-0.2, -0.15) is 0 Å². The quantitative estimate of drug-likeness (QED) is 0.261. The molecule has 2 amide bonds. The Morgan fingerprint density at radius 1 is 1.47 bits per heavy atom. The minimum absolute atomic E-state index is 0.0354. The van der Waals surface area contributed by atoms with Crippen molar-refractivity contribution in [3.05, 3.63) is 21.8 Å². The first-order valence-electron chi connectivity index (χ1n) is 10.5. The predicted molar refractivity (Wildman–Crippen MR) is 123 cm³/mol. The summed E-state index contributed by atoms with van der Waals surface area (Å²) >= 11 is 2.24. The van der Waals surface area contributed by atoms with Crippen LogP contribution in [0.25, 0.3) is 0 Å². The van der Waals surface area contributed by atoms with Crippen LogP contribution >= 0.6 is 23.1 Å². The van der Waals surface area contributed by atoms with Gasteiger partial charge in [-0.05, 0) is 13.3 Å². The molecule has 3 aliphatic heterocycles. The van der Waals surface area contributed by atoms with Crippen LogP contribution in [0.3, 0.4) is 0 Å². The zero-order valence-corrected chi connectivity index (χ0v) is 20.7. The maximum Gasteiger partial charge on any atom is 0.353 e. The maximum atomic E-state index is 12.6. The van der Waals surface area contributed by atoms with Gasteiger partial charge in [-0.3, -0.25) is 9.59 Å². The summed E-state index contributed by atoms with van der Waals surface area (Å²) in [6.07, 6.45) is 0.725. The molecule has 0 spiro atoms. The zero-order valence-electron chi connectivity index (χ0n) is 18.3. The van der Waals surface area contributed by atoms with Gasteiger partial charge >= 0.3 is 5.97 Å². The number of rotatable bonds is 8. The van der Waals surface area contributed by atoms with Gasteiger partial charge in [0.25, 0.3) is 0 Å². The first-order chi connectivity index (χ1) is 15.9. The summed E-state index contributed by atoms with van der Waals surface area (Å²) < 4.78 is 22.6. The van der Waals surface area contributed by atoms with Crippen molar-refractivity contribution in [3.63, 3.8) is 0 Å². The molecule has 15 heteroatoms. The molecule has 0 aliphatic carbocycles. The van der Waals surface area contributed by atoms with Gasteiger partial charge in [0.05, 0.1) is 36.8 Å². The second-order valence-corrected chi connectivity index (χ2v) is 12.8. The molecule has 2 saturated heterocycles. The van der Waals surface area contributed by atoms with Crippen LogP contribution in [0.4, 0.5) is 0 Å². The van der Waals surface area contributed by atoms with Crippen LogP contribution in [-0.2, 0) is 31.0 Å². The van der Waals surface area contributed by atoms with Crippen molar-refractivity contribution in [1.29, 1.82) is 0 Å². The zero-order chi connectivity index (χ0) is 24.9. The molecular formula is C19H25N5O7S3. The number of nitrogens with two attached hydrogens (primary N) is 1. The number of thiazole rings is 1. The summed E-state index contributed by atoms with van der Waals surface area (Å²) in [6.45, 7) is 3.91. The molecule has 6 atom stereocenters. The number of aliphatic carboxylic acids is 1. The second kappa shape index (κ2) is 9.20. The number of aromatic nitrogens is 1. The average molecular weight is 532 g/mol.